The number of ether oxygens (including phenoxy) is 1. The fourth-order valence-electron chi connectivity index (χ4n) is 2.82. The number of anilines is 1. The lowest BCUT2D eigenvalue weighted by Gasteiger charge is -2.40. The number of nitrogens with one attached hydrogen (secondary N) is 1. The van der Waals surface area contributed by atoms with E-state index in [-0.39, 0.29) is 5.97 Å². The molecule has 0 radical (unpaired) electrons. The van der Waals surface area contributed by atoms with Gasteiger partial charge in [0.2, 0.25) is 0 Å². The molecular weight excluding hydrogens is 288 g/mol. The van der Waals surface area contributed by atoms with E-state index in [1.54, 1.807) is 18.2 Å². The lowest BCUT2D eigenvalue weighted by atomic mass is 9.89. The molecule has 0 amide bonds. The number of esters is 1. The van der Waals surface area contributed by atoms with Crippen molar-refractivity contribution in [3.8, 4) is 0 Å². The molecule has 3 unspecified atom stereocenters. The summed E-state index contributed by atoms with van der Waals surface area (Å²) in [7, 11) is 3.53. The van der Waals surface area contributed by atoms with E-state index < -0.39 is 0 Å². The first-order valence-electron chi connectivity index (χ1n) is 7.27. The van der Waals surface area contributed by atoms with E-state index in [9.17, 15) is 4.79 Å². The normalized spacial score (nSPS) is 26.4. The Bertz CT molecular complexity index is 521. The van der Waals surface area contributed by atoms with Crippen molar-refractivity contribution >= 4 is 23.3 Å². The molecule has 21 heavy (non-hydrogen) atoms. The SMILES string of the molecule is COC(=O)c1ccc(Cl)c(NC2CC(C)N(C)CC2C)c1. The highest BCUT2D eigenvalue weighted by molar-refractivity contribution is 6.33. The van der Waals surface area contributed by atoms with E-state index in [0.29, 0.717) is 28.6 Å². The smallest absolute Gasteiger partial charge is 0.337 e. The first-order valence-corrected chi connectivity index (χ1v) is 7.64. The monoisotopic (exact) mass is 310 g/mol. The lowest BCUT2D eigenvalue weighted by Crippen LogP contribution is -2.48. The van der Waals surface area contributed by atoms with Crippen molar-refractivity contribution in [2.45, 2.75) is 32.4 Å². The minimum Gasteiger partial charge on any atom is -0.465 e. The van der Waals surface area contributed by atoms with Crippen molar-refractivity contribution < 1.29 is 9.53 Å². The fraction of sp³-hybridized carbons (Fsp3) is 0.562. The molecule has 5 heteroatoms. The van der Waals surface area contributed by atoms with Crippen LogP contribution in [0, 0.1) is 5.92 Å². The number of hydrogen-bond donors (Lipinski definition) is 1. The molecule has 3 atom stereocenters. The summed E-state index contributed by atoms with van der Waals surface area (Å²) in [6.45, 7) is 5.51. The molecule has 1 aliphatic heterocycles. The number of rotatable bonds is 3. The van der Waals surface area contributed by atoms with Gasteiger partial charge in [0.15, 0.2) is 0 Å². The predicted molar refractivity (Wildman–Crippen MR) is 86.1 cm³/mol. The Morgan fingerprint density at radius 3 is 2.81 bits per heavy atom. The van der Waals surface area contributed by atoms with Crippen LogP contribution in [0.4, 0.5) is 5.69 Å². The third-order valence-corrected chi connectivity index (χ3v) is 4.67. The maximum atomic E-state index is 11.6. The molecule has 116 valence electrons. The number of methoxy groups -OCH3 is 1. The molecule has 1 aliphatic rings. The fourth-order valence-corrected chi connectivity index (χ4v) is 2.99. The van der Waals surface area contributed by atoms with Gasteiger partial charge >= 0.3 is 5.97 Å². The zero-order valence-electron chi connectivity index (χ0n) is 13.0. The van der Waals surface area contributed by atoms with Gasteiger partial charge in [-0.05, 0) is 44.5 Å². The van der Waals surface area contributed by atoms with Crippen LogP contribution >= 0.6 is 11.6 Å². The molecule has 1 aromatic rings. The van der Waals surface area contributed by atoms with Crippen LogP contribution in [-0.4, -0.2) is 43.7 Å². The molecule has 0 spiro atoms. The van der Waals surface area contributed by atoms with E-state index >= 15 is 0 Å². The number of carbonyl (C=O) groups excluding carboxylic acids is 1. The summed E-state index contributed by atoms with van der Waals surface area (Å²) in [4.78, 5) is 14.0. The number of likely N-dealkylation sites (tertiary alicyclic amines) is 1. The zero-order valence-corrected chi connectivity index (χ0v) is 13.8. The van der Waals surface area contributed by atoms with Crippen LogP contribution < -0.4 is 5.32 Å². The van der Waals surface area contributed by atoms with Crippen LogP contribution in [0.15, 0.2) is 18.2 Å². The molecule has 1 N–H and O–H groups in total. The van der Waals surface area contributed by atoms with E-state index in [1.807, 2.05) is 0 Å². The molecule has 0 aromatic heterocycles. The van der Waals surface area contributed by atoms with Crippen molar-refractivity contribution in [1.29, 1.82) is 0 Å². The molecule has 0 aliphatic carbocycles. The van der Waals surface area contributed by atoms with E-state index in [2.05, 4.69) is 31.1 Å². The highest BCUT2D eigenvalue weighted by Gasteiger charge is 2.29. The number of hydrogen-bond acceptors (Lipinski definition) is 4. The number of halogens is 1. The van der Waals surface area contributed by atoms with Gasteiger partial charge in [-0.1, -0.05) is 18.5 Å². The summed E-state index contributed by atoms with van der Waals surface area (Å²) in [5, 5.41) is 4.13. The van der Waals surface area contributed by atoms with Crippen LogP contribution in [-0.2, 0) is 4.74 Å². The quantitative estimate of drug-likeness (QED) is 0.870. The largest absolute Gasteiger partial charge is 0.465 e. The number of nitrogens with zero attached hydrogens (tertiary/aromatic N) is 1. The summed E-state index contributed by atoms with van der Waals surface area (Å²) in [5.41, 5.74) is 1.31. The first-order chi connectivity index (χ1) is 9.92. The molecule has 1 aromatic carbocycles. The zero-order chi connectivity index (χ0) is 15.6. The van der Waals surface area contributed by atoms with E-state index in [0.717, 1.165) is 18.7 Å². The number of benzene rings is 1. The van der Waals surface area contributed by atoms with Crippen LogP contribution in [0.1, 0.15) is 30.6 Å². The molecule has 0 bridgehead atoms. The molecule has 1 saturated heterocycles. The average Bonchev–Trinajstić information content (AvgIpc) is 2.46. The Labute approximate surface area is 131 Å². The van der Waals surface area contributed by atoms with Crippen LogP contribution in [0.3, 0.4) is 0 Å². The second-order valence-corrected chi connectivity index (χ2v) is 6.35. The van der Waals surface area contributed by atoms with Crippen molar-refractivity contribution in [2.24, 2.45) is 5.92 Å². The van der Waals surface area contributed by atoms with Gasteiger partial charge in [0, 0.05) is 18.6 Å². The highest BCUT2D eigenvalue weighted by atomic mass is 35.5. The molecule has 4 nitrogen and oxygen atoms in total. The second-order valence-electron chi connectivity index (χ2n) is 5.94. The summed E-state index contributed by atoms with van der Waals surface area (Å²) >= 11 is 6.25. The van der Waals surface area contributed by atoms with Gasteiger partial charge in [-0.25, -0.2) is 4.79 Å². The van der Waals surface area contributed by atoms with Crippen LogP contribution in [0.5, 0.6) is 0 Å². The van der Waals surface area contributed by atoms with Gasteiger partial charge < -0.3 is 15.0 Å². The molecule has 1 fully saturated rings. The third-order valence-electron chi connectivity index (χ3n) is 4.34. The van der Waals surface area contributed by atoms with Gasteiger partial charge in [0.05, 0.1) is 23.4 Å². The van der Waals surface area contributed by atoms with Crippen molar-refractivity contribution in [1.82, 2.24) is 4.90 Å². The highest BCUT2D eigenvalue weighted by Crippen LogP contribution is 2.29. The lowest BCUT2D eigenvalue weighted by molar-refractivity contribution is 0.0601. The minimum absolute atomic E-state index is 0.348. The predicted octanol–water partition coefficient (Wildman–Crippen LogP) is 3.27. The van der Waals surface area contributed by atoms with Crippen molar-refractivity contribution in [3.63, 3.8) is 0 Å². The summed E-state index contributed by atoms with van der Waals surface area (Å²) < 4.78 is 4.76. The van der Waals surface area contributed by atoms with Crippen LogP contribution in [0.2, 0.25) is 5.02 Å². The minimum atomic E-state index is -0.348. The Morgan fingerprint density at radius 1 is 1.43 bits per heavy atom. The van der Waals surface area contributed by atoms with Gasteiger partial charge in [-0.2, -0.15) is 0 Å². The maximum absolute atomic E-state index is 11.6. The summed E-state index contributed by atoms with van der Waals surface area (Å²) in [6, 6.07) is 6.06. The van der Waals surface area contributed by atoms with Crippen LogP contribution in [0.25, 0.3) is 0 Å². The first kappa shape index (κ1) is 16.1. The Hall–Kier alpha value is -1.26. The molecule has 1 heterocycles. The number of carbonyl (C=O) groups is 1. The third kappa shape index (κ3) is 3.69. The topological polar surface area (TPSA) is 41.6 Å². The van der Waals surface area contributed by atoms with Gasteiger partial charge in [-0.15, -0.1) is 0 Å². The van der Waals surface area contributed by atoms with Gasteiger partial charge in [0.1, 0.15) is 0 Å². The average molecular weight is 311 g/mol. The summed E-state index contributed by atoms with van der Waals surface area (Å²) in [6.07, 6.45) is 1.05. The standard InChI is InChI=1S/C16H23ClN2O2/c1-10-9-19(3)11(2)7-14(10)18-15-8-12(16(20)21-4)5-6-13(15)17/h5-6,8,10-11,14,18H,7,9H2,1-4H3. The van der Waals surface area contributed by atoms with Crippen molar-refractivity contribution in [3.05, 3.63) is 28.8 Å². The molecule has 2 rings (SSSR count). The molecule has 0 saturated carbocycles. The maximum Gasteiger partial charge on any atom is 0.337 e. The van der Waals surface area contributed by atoms with Crippen molar-refractivity contribution in [2.75, 3.05) is 26.0 Å². The Morgan fingerprint density at radius 2 is 2.14 bits per heavy atom. The number of piperidine rings is 1. The van der Waals surface area contributed by atoms with Gasteiger partial charge in [0.25, 0.3) is 0 Å². The Balaban J connectivity index is 2.17. The molecular formula is C16H23ClN2O2. The van der Waals surface area contributed by atoms with E-state index in [4.69, 9.17) is 16.3 Å². The van der Waals surface area contributed by atoms with Gasteiger partial charge in [-0.3, -0.25) is 0 Å². The summed E-state index contributed by atoms with van der Waals surface area (Å²) in [5.74, 6) is 0.170. The second kappa shape index (κ2) is 6.67. The van der Waals surface area contributed by atoms with E-state index in [1.165, 1.54) is 7.11 Å². The Kier molecular flexibility index (Phi) is 5.12.